The highest BCUT2D eigenvalue weighted by Crippen LogP contribution is 2.22. The van der Waals surface area contributed by atoms with Gasteiger partial charge in [-0.2, -0.15) is 0 Å². The molecule has 0 unspecified atom stereocenters. The van der Waals surface area contributed by atoms with Crippen molar-refractivity contribution >= 4 is 34.5 Å². The van der Waals surface area contributed by atoms with Crippen molar-refractivity contribution in [2.45, 2.75) is 24.5 Å². The Morgan fingerprint density at radius 2 is 1.71 bits per heavy atom. The highest BCUT2D eigenvalue weighted by atomic mass is 32.2. The van der Waals surface area contributed by atoms with E-state index >= 15 is 0 Å². The van der Waals surface area contributed by atoms with Gasteiger partial charge in [0.1, 0.15) is 0 Å². The van der Waals surface area contributed by atoms with Crippen LogP contribution in [0.1, 0.15) is 18.4 Å². The number of amides is 2. The number of likely N-dealkylation sites (tertiary alicyclic amines) is 1. The standard InChI is InChI=1S/C23H24N4O3S/c24-21(29)17-10-12-26(13-11-17)20(28)15-31-23-25-19-9-5-4-8-18(19)22(30)27(23)14-16-6-2-1-3-7-16/h1-9,17H,10-15H2,(H2,24,29). The molecule has 2 N–H and O–H groups in total. The molecule has 2 amide bonds. The molecule has 0 bridgehead atoms. The van der Waals surface area contributed by atoms with Crippen molar-refractivity contribution in [2.24, 2.45) is 11.7 Å². The number of carbonyl (C=O) groups excluding carboxylic acids is 2. The molecule has 1 saturated heterocycles. The monoisotopic (exact) mass is 436 g/mol. The molecule has 8 heteroatoms. The average Bonchev–Trinajstić information content (AvgIpc) is 2.80. The summed E-state index contributed by atoms with van der Waals surface area (Å²) in [5.41, 5.74) is 6.87. The maximum Gasteiger partial charge on any atom is 0.262 e. The first kappa shape index (κ1) is 21.1. The fourth-order valence-corrected chi connectivity index (χ4v) is 4.70. The Kier molecular flexibility index (Phi) is 6.36. The van der Waals surface area contributed by atoms with E-state index < -0.39 is 0 Å². The first-order valence-corrected chi connectivity index (χ1v) is 11.2. The van der Waals surface area contributed by atoms with Gasteiger partial charge in [-0.25, -0.2) is 4.98 Å². The van der Waals surface area contributed by atoms with Crippen LogP contribution < -0.4 is 11.3 Å². The van der Waals surface area contributed by atoms with Crippen molar-refractivity contribution in [3.8, 4) is 0 Å². The number of nitrogens with zero attached hydrogens (tertiary/aromatic N) is 3. The molecule has 1 aromatic heterocycles. The summed E-state index contributed by atoms with van der Waals surface area (Å²) in [6.45, 7) is 1.43. The predicted octanol–water partition coefficient (Wildman–Crippen LogP) is 2.26. The highest BCUT2D eigenvalue weighted by molar-refractivity contribution is 7.99. The number of hydrogen-bond donors (Lipinski definition) is 1. The molecule has 1 fully saturated rings. The molecule has 3 aromatic rings. The minimum absolute atomic E-state index is 0.0263. The summed E-state index contributed by atoms with van der Waals surface area (Å²) < 4.78 is 1.63. The second-order valence-electron chi connectivity index (χ2n) is 7.63. The molecule has 0 aliphatic carbocycles. The lowest BCUT2D eigenvalue weighted by atomic mass is 9.96. The van der Waals surface area contributed by atoms with E-state index in [1.807, 2.05) is 48.5 Å². The Bertz CT molecular complexity index is 1150. The predicted molar refractivity (Wildman–Crippen MR) is 121 cm³/mol. The molecule has 31 heavy (non-hydrogen) atoms. The van der Waals surface area contributed by atoms with Crippen molar-refractivity contribution in [2.75, 3.05) is 18.8 Å². The molecule has 2 heterocycles. The molecule has 4 rings (SSSR count). The molecule has 7 nitrogen and oxygen atoms in total. The molecule has 0 spiro atoms. The fourth-order valence-electron chi connectivity index (χ4n) is 3.79. The van der Waals surface area contributed by atoms with Gasteiger partial charge in [0, 0.05) is 19.0 Å². The Hall–Kier alpha value is -3.13. The lowest BCUT2D eigenvalue weighted by Gasteiger charge is -2.30. The summed E-state index contributed by atoms with van der Waals surface area (Å²) in [5.74, 6) is -0.302. The zero-order valence-electron chi connectivity index (χ0n) is 17.1. The van der Waals surface area contributed by atoms with E-state index in [-0.39, 0.29) is 29.0 Å². The Balaban J connectivity index is 1.55. The number of carbonyl (C=O) groups is 2. The van der Waals surface area contributed by atoms with Crippen molar-refractivity contribution in [3.05, 3.63) is 70.5 Å². The molecular weight excluding hydrogens is 412 g/mol. The van der Waals surface area contributed by atoms with Crippen LogP contribution in [0, 0.1) is 5.92 Å². The first-order valence-electron chi connectivity index (χ1n) is 10.3. The third-order valence-corrected chi connectivity index (χ3v) is 6.55. The smallest absolute Gasteiger partial charge is 0.262 e. The van der Waals surface area contributed by atoms with Crippen LogP contribution in [0.5, 0.6) is 0 Å². The van der Waals surface area contributed by atoms with E-state index in [0.29, 0.717) is 48.5 Å². The van der Waals surface area contributed by atoms with Crippen LogP contribution in [0.3, 0.4) is 0 Å². The minimum Gasteiger partial charge on any atom is -0.369 e. The maximum atomic E-state index is 13.2. The largest absolute Gasteiger partial charge is 0.369 e. The van der Waals surface area contributed by atoms with Crippen LogP contribution in [0.25, 0.3) is 10.9 Å². The van der Waals surface area contributed by atoms with E-state index in [0.717, 1.165) is 5.56 Å². The van der Waals surface area contributed by atoms with Gasteiger partial charge in [-0.1, -0.05) is 54.2 Å². The molecule has 1 aliphatic heterocycles. The van der Waals surface area contributed by atoms with Gasteiger partial charge in [0.05, 0.1) is 23.2 Å². The Morgan fingerprint density at radius 3 is 2.42 bits per heavy atom. The van der Waals surface area contributed by atoms with Gasteiger partial charge in [0.2, 0.25) is 11.8 Å². The summed E-state index contributed by atoms with van der Waals surface area (Å²) >= 11 is 1.27. The minimum atomic E-state index is -0.299. The van der Waals surface area contributed by atoms with Crippen molar-refractivity contribution < 1.29 is 9.59 Å². The number of benzene rings is 2. The van der Waals surface area contributed by atoms with Crippen LogP contribution in [-0.2, 0) is 16.1 Å². The van der Waals surface area contributed by atoms with Gasteiger partial charge >= 0.3 is 0 Å². The average molecular weight is 437 g/mol. The van der Waals surface area contributed by atoms with Gasteiger partial charge in [-0.3, -0.25) is 19.0 Å². The van der Waals surface area contributed by atoms with Gasteiger partial charge in [-0.15, -0.1) is 0 Å². The number of nitrogens with two attached hydrogens (primary N) is 1. The van der Waals surface area contributed by atoms with E-state index in [4.69, 9.17) is 5.73 Å². The second-order valence-corrected chi connectivity index (χ2v) is 8.58. The number of piperidine rings is 1. The zero-order chi connectivity index (χ0) is 21.8. The summed E-state index contributed by atoms with van der Waals surface area (Å²) in [4.78, 5) is 43.7. The van der Waals surface area contributed by atoms with Crippen LogP contribution in [0.15, 0.2) is 64.5 Å². The molecule has 0 atom stereocenters. The molecule has 0 radical (unpaired) electrons. The van der Waals surface area contributed by atoms with Crippen LogP contribution in [-0.4, -0.2) is 45.1 Å². The lowest BCUT2D eigenvalue weighted by Crippen LogP contribution is -2.42. The van der Waals surface area contributed by atoms with Crippen molar-refractivity contribution in [3.63, 3.8) is 0 Å². The third kappa shape index (κ3) is 4.80. The lowest BCUT2D eigenvalue weighted by molar-refractivity contribution is -0.132. The van der Waals surface area contributed by atoms with E-state index in [1.165, 1.54) is 11.8 Å². The number of rotatable bonds is 6. The van der Waals surface area contributed by atoms with Crippen LogP contribution >= 0.6 is 11.8 Å². The zero-order valence-corrected chi connectivity index (χ0v) is 17.9. The molecule has 0 saturated carbocycles. The molecule has 160 valence electrons. The molecule has 2 aromatic carbocycles. The number of para-hydroxylation sites is 1. The quantitative estimate of drug-likeness (QED) is 0.472. The number of thioether (sulfide) groups is 1. The highest BCUT2D eigenvalue weighted by Gasteiger charge is 2.26. The number of fused-ring (bicyclic) bond motifs is 1. The van der Waals surface area contributed by atoms with Gasteiger partial charge in [0.25, 0.3) is 5.56 Å². The molecular formula is C23H24N4O3S. The number of aromatic nitrogens is 2. The van der Waals surface area contributed by atoms with E-state index in [2.05, 4.69) is 4.98 Å². The van der Waals surface area contributed by atoms with Gasteiger partial charge in [0.15, 0.2) is 5.16 Å². The SMILES string of the molecule is NC(=O)C1CCN(C(=O)CSc2nc3ccccc3c(=O)n2Cc2ccccc2)CC1. The Morgan fingerprint density at radius 1 is 1.03 bits per heavy atom. The van der Waals surface area contributed by atoms with Crippen molar-refractivity contribution in [1.82, 2.24) is 14.5 Å². The Labute approximate surface area is 184 Å². The number of hydrogen-bond acceptors (Lipinski definition) is 5. The summed E-state index contributed by atoms with van der Waals surface area (Å²) in [6, 6.07) is 17.0. The van der Waals surface area contributed by atoms with Gasteiger partial charge < -0.3 is 10.6 Å². The molecule has 1 aliphatic rings. The summed E-state index contributed by atoms with van der Waals surface area (Å²) in [7, 11) is 0. The first-order chi connectivity index (χ1) is 15.0. The van der Waals surface area contributed by atoms with Crippen LogP contribution in [0.4, 0.5) is 0 Å². The summed E-state index contributed by atoms with van der Waals surface area (Å²) in [6.07, 6.45) is 1.19. The third-order valence-electron chi connectivity index (χ3n) is 5.58. The topological polar surface area (TPSA) is 98.3 Å². The normalized spacial score (nSPS) is 14.6. The second kappa shape index (κ2) is 9.34. The van der Waals surface area contributed by atoms with E-state index in [1.54, 1.807) is 15.5 Å². The summed E-state index contributed by atoms with van der Waals surface area (Å²) in [5, 5.41) is 1.08. The van der Waals surface area contributed by atoms with Gasteiger partial charge in [-0.05, 0) is 30.5 Å². The fraction of sp³-hybridized carbons (Fsp3) is 0.304. The van der Waals surface area contributed by atoms with Crippen molar-refractivity contribution in [1.29, 1.82) is 0 Å². The maximum absolute atomic E-state index is 13.2. The number of primary amides is 1. The van der Waals surface area contributed by atoms with E-state index in [9.17, 15) is 14.4 Å². The van der Waals surface area contributed by atoms with Crippen LogP contribution in [0.2, 0.25) is 0 Å².